The van der Waals surface area contributed by atoms with Crippen LogP contribution in [-0.4, -0.2) is 68.2 Å². The number of benzene rings is 1. The molecule has 38 heavy (non-hydrogen) atoms. The lowest BCUT2D eigenvalue weighted by Gasteiger charge is -2.44. The Balaban J connectivity index is 1.78. The fraction of sp³-hybridized carbons (Fsp3) is 0.391. The van der Waals surface area contributed by atoms with E-state index in [9.17, 15) is 18.8 Å². The van der Waals surface area contributed by atoms with Crippen LogP contribution in [0.3, 0.4) is 0 Å². The van der Waals surface area contributed by atoms with Crippen LogP contribution < -0.4 is 0 Å². The molecule has 0 bridgehead atoms. The quantitative estimate of drug-likeness (QED) is 0.266. The lowest BCUT2D eigenvalue weighted by molar-refractivity contribution is -0.212. The van der Waals surface area contributed by atoms with Gasteiger partial charge in [-0.2, -0.15) is 0 Å². The summed E-state index contributed by atoms with van der Waals surface area (Å²) in [6.45, 7) is 3.44. The van der Waals surface area contributed by atoms with E-state index in [1.807, 2.05) is 0 Å². The molecule has 1 aliphatic heterocycles. The summed E-state index contributed by atoms with van der Waals surface area (Å²) < 4.78 is 38.3. The number of carbonyl (C=O) groups is 3. The van der Waals surface area contributed by atoms with Gasteiger partial charge in [-0.05, 0) is 34.1 Å². The standard InChI is InChI=1S/C23H22BrFN4O7S2/c1-11(30)33-10-18-20(34-12(2)31)19(29-9-17(27-28-29)22-26-6-7-37-22)21(35-13(3)32)23(36-18)38-14-4-5-16(25)15(24)8-14/h4-9,18-21,23H,10H2,1-3H3/t18-,19+,20+,21-,23-/m1/s1. The molecule has 15 heteroatoms. The van der Waals surface area contributed by atoms with Gasteiger partial charge < -0.3 is 18.9 Å². The van der Waals surface area contributed by atoms with Gasteiger partial charge >= 0.3 is 17.9 Å². The number of carbonyl (C=O) groups excluding carboxylic acids is 3. The van der Waals surface area contributed by atoms with Crippen molar-refractivity contribution in [1.82, 2.24) is 20.0 Å². The smallest absolute Gasteiger partial charge is 0.303 e. The lowest BCUT2D eigenvalue weighted by atomic mass is 9.96. The SMILES string of the molecule is CC(=O)OC[C@H]1O[C@H](Sc2ccc(F)c(Br)c2)[C@H](OC(C)=O)[C@@H](n2cc(-c3nccs3)nn2)[C@H]1OC(C)=O. The number of halogens is 2. The highest BCUT2D eigenvalue weighted by atomic mass is 79.9. The van der Waals surface area contributed by atoms with Gasteiger partial charge in [0.05, 0.1) is 10.7 Å². The number of ether oxygens (including phenoxy) is 4. The molecule has 0 N–H and O–H groups in total. The van der Waals surface area contributed by atoms with E-state index in [4.69, 9.17) is 18.9 Å². The molecule has 0 amide bonds. The van der Waals surface area contributed by atoms with E-state index >= 15 is 0 Å². The van der Waals surface area contributed by atoms with Crippen LogP contribution >= 0.6 is 39.0 Å². The molecule has 1 aromatic carbocycles. The van der Waals surface area contributed by atoms with Gasteiger partial charge in [-0.1, -0.05) is 17.0 Å². The van der Waals surface area contributed by atoms with Gasteiger partial charge in [0.2, 0.25) is 0 Å². The fourth-order valence-corrected chi connectivity index (χ4v) is 6.10. The molecule has 0 radical (unpaired) electrons. The van der Waals surface area contributed by atoms with E-state index in [1.165, 1.54) is 42.9 Å². The van der Waals surface area contributed by atoms with Crippen molar-refractivity contribution in [3.05, 3.63) is 46.3 Å². The van der Waals surface area contributed by atoms with Crippen LogP contribution in [0.2, 0.25) is 0 Å². The maximum Gasteiger partial charge on any atom is 0.303 e. The minimum Gasteiger partial charge on any atom is -0.463 e. The molecule has 0 saturated carbocycles. The predicted octanol–water partition coefficient (Wildman–Crippen LogP) is 3.79. The van der Waals surface area contributed by atoms with Crippen LogP contribution in [0.4, 0.5) is 4.39 Å². The van der Waals surface area contributed by atoms with Crippen molar-refractivity contribution in [2.24, 2.45) is 0 Å². The van der Waals surface area contributed by atoms with Gasteiger partial charge in [0, 0.05) is 37.2 Å². The number of thiazole rings is 1. The van der Waals surface area contributed by atoms with Crippen LogP contribution in [0.15, 0.2) is 45.3 Å². The Hall–Kier alpha value is -2.88. The topological polar surface area (TPSA) is 132 Å². The second kappa shape index (κ2) is 12.3. The summed E-state index contributed by atoms with van der Waals surface area (Å²) in [5.74, 6) is -2.26. The van der Waals surface area contributed by atoms with Gasteiger partial charge in [-0.3, -0.25) is 14.4 Å². The molecule has 3 aromatic rings. The van der Waals surface area contributed by atoms with Gasteiger partial charge in [-0.25, -0.2) is 14.1 Å². The van der Waals surface area contributed by atoms with Crippen molar-refractivity contribution in [3.63, 3.8) is 0 Å². The number of rotatable bonds is 8. The lowest BCUT2D eigenvalue weighted by Crippen LogP contribution is -2.57. The first-order valence-corrected chi connectivity index (χ1v) is 13.7. The molecule has 5 atom stereocenters. The number of esters is 3. The van der Waals surface area contributed by atoms with Crippen molar-refractivity contribution < 1.29 is 37.7 Å². The normalized spacial score (nSPS) is 23.0. The van der Waals surface area contributed by atoms with Gasteiger partial charge in [-0.15, -0.1) is 16.4 Å². The molecule has 202 valence electrons. The van der Waals surface area contributed by atoms with E-state index in [0.29, 0.717) is 15.6 Å². The number of nitrogens with zero attached hydrogens (tertiary/aromatic N) is 4. The zero-order chi connectivity index (χ0) is 27.4. The van der Waals surface area contributed by atoms with E-state index in [-0.39, 0.29) is 11.1 Å². The van der Waals surface area contributed by atoms with Crippen LogP contribution in [-0.2, 0) is 33.3 Å². The molecule has 1 fully saturated rings. The molecule has 11 nitrogen and oxygen atoms in total. The van der Waals surface area contributed by atoms with Crippen LogP contribution in [0, 0.1) is 5.82 Å². The Kier molecular flexibility index (Phi) is 9.12. The molecule has 0 aliphatic carbocycles. The van der Waals surface area contributed by atoms with Crippen molar-refractivity contribution in [2.75, 3.05) is 6.61 Å². The molecule has 3 heterocycles. The highest BCUT2D eigenvalue weighted by Crippen LogP contribution is 2.42. The third-order valence-electron chi connectivity index (χ3n) is 5.28. The fourth-order valence-electron chi connectivity index (χ4n) is 3.83. The minimum atomic E-state index is -1.08. The van der Waals surface area contributed by atoms with Crippen LogP contribution in [0.1, 0.15) is 26.8 Å². The summed E-state index contributed by atoms with van der Waals surface area (Å²) in [5.41, 5.74) is -0.445. The van der Waals surface area contributed by atoms with E-state index in [2.05, 4.69) is 31.2 Å². The maximum absolute atomic E-state index is 13.9. The van der Waals surface area contributed by atoms with Gasteiger partial charge in [0.1, 0.15) is 40.7 Å². The second-order valence-electron chi connectivity index (χ2n) is 8.10. The molecule has 0 unspecified atom stereocenters. The molecule has 4 rings (SSSR count). The Labute approximate surface area is 233 Å². The zero-order valence-electron chi connectivity index (χ0n) is 20.3. The van der Waals surface area contributed by atoms with Gasteiger partial charge in [0.25, 0.3) is 0 Å². The van der Waals surface area contributed by atoms with Crippen LogP contribution in [0.5, 0.6) is 0 Å². The van der Waals surface area contributed by atoms with Gasteiger partial charge in [0.15, 0.2) is 12.2 Å². The molecular weight excluding hydrogens is 607 g/mol. The molecular formula is C23H22BrFN4O7S2. The molecule has 1 saturated heterocycles. The number of hydrogen-bond acceptors (Lipinski definition) is 12. The average molecular weight is 629 g/mol. The largest absolute Gasteiger partial charge is 0.463 e. The zero-order valence-corrected chi connectivity index (χ0v) is 23.5. The summed E-state index contributed by atoms with van der Waals surface area (Å²) >= 11 is 5.68. The number of thioether (sulfide) groups is 1. The monoisotopic (exact) mass is 628 g/mol. The number of aromatic nitrogens is 4. The Morgan fingerprint density at radius 1 is 1.16 bits per heavy atom. The highest BCUT2D eigenvalue weighted by molar-refractivity contribution is 9.10. The molecule has 1 aliphatic rings. The van der Waals surface area contributed by atoms with E-state index < -0.39 is 53.5 Å². The summed E-state index contributed by atoms with van der Waals surface area (Å²) in [7, 11) is 0. The Morgan fingerprint density at radius 2 is 1.89 bits per heavy atom. The predicted molar refractivity (Wildman–Crippen MR) is 137 cm³/mol. The third kappa shape index (κ3) is 6.76. The van der Waals surface area contributed by atoms with Crippen molar-refractivity contribution in [3.8, 4) is 10.7 Å². The summed E-state index contributed by atoms with van der Waals surface area (Å²) in [5, 5.41) is 10.8. The summed E-state index contributed by atoms with van der Waals surface area (Å²) in [6.07, 6.45) is 0.123. The molecule has 0 spiro atoms. The molecule has 2 aromatic heterocycles. The first-order chi connectivity index (χ1) is 18.1. The van der Waals surface area contributed by atoms with E-state index in [1.54, 1.807) is 29.9 Å². The maximum atomic E-state index is 13.9. The first kappa shape index (κ1) is 28.1. The number of hydrogen-bond donors (Lipinski definition) is 0. The minimum absolute atomic E-state index is 0.234. The Morgan fingerprint density at radius 3 is 2.53 bits per heavy atom. The summed E-state index contributed by atoms with van der Waals surface area (Å²) in [4.78, 5) is 40.8. The Bertz CT molecular complexity index is 1310. The highest BCUT2D eigenvalue weighted by Gasteiger charge is 2.52. The average Bonchev–Trinajstić information content (AvgIpc) is 3.54. The summed E-state index contributed by atoms with van der Waals surface area (Å²) in [6, 6.07) is 3.45. The van der Waals surface area contributed by atoms with Crippen molar-refractivity contribution in [1.29, 1.82) is 0 Å². The third-order valence-corrected chi connectivity index (χ3v) is 7.82. The van der Waals surface area contributed by atoms with Crippen LogP contribution in [0.25, 0.3) is 10.7 Å². The van der Waals surface area contributed by atoms with Crippen molar-refractivity contribution >= 4 is 56.9 Å². The van der Waals surface area contributed by atoms with E-state index in [0.717, 1.165) is 11.8 Å². The first-order valence-electron chi connectivity index (χ1n) is 11.2. The van der Waals surface area contributed by atoms with Crippen molar-refractivity contribution in [2.45, 2.75) is 55.5 Å². The second-order valence-corrected chi connectivity index (χ2v) is 11.0.